The Morgan fingerprint density at radius 3 is 2.07 bits per heavy atom. The second-order valence-electron chi connectivity index (χ2n) is 6.07. The van der Waals surface area contributed by atoms with Crippen LogP contribution >= 0.6 is 0 Å². The standard InChI is InChI=1S/C13H29N/c1-11(2)10-12(14-6)8-7-9-13(3,4)5/h11-12,14H,7-10H2,1-6H3. The van der Waals surface area contributed by atoms with Gasteiger partial charge in [-0.15, -0.1) is 0 Å². The van der Waals surface area contributed by atoms with Crippen molar-refractivity contribution in [3.8, 4) is 0 Å². The Balaban J connectivity index is 3.63. The van der Waals surface area contributed by atoms with Crippen molar-refractivity contribution in [1.29, 1.82) is 0 Å². The van der Waals surface area contributed by atoms with Gasteiger partial charge in [-0.25, -0.2) is 0 Å². The molecule has 0 aromatic carbocycles. The van der Waals surface area contributed by atoms with E-state index in [0.717, 1.165) is 12.0 Å². The highest BCUT2D eigenvalue weighted by atomic mass is 14.9. The molecular formula is C13H29N. The second-order valence-corrected chi connectivity index (χ2v) is 6.07. The minimum atomic E-state index is 0.496. The highest BCUT2D eigenvalue weighted by Gasteiger charge is 2.12. The summed E-state index contributed by atoms with van der Waals surface area (Å²) < 4.78 is 0. The summed E-state index contributed by atoms with van der Waals surface area (Å²) in [5.41, 5.74) is 0.496. The number of nitrogens with one attached hydrogen (secondary N) is 1. The van der Waals surface area contributed by atoms with E-state index in [1.54, 1.807) is 0 Å². The quantitative estimate of drug-likeness (QED) is 0.685. The van der Waals surface area contributed by atoms with Gasteiger partial charge < -0.3 is 5.32 Å². The van der Waals surface area contributed by atoms with Gasteiger partial charge in [0.15, 0.2) is 0 Å². The van der Waals surface area contributed by atoms with Gasteiger partial charge >= 0.3 is 0 Å². The third kappa shape index (κ3) is 8.55. The van der Waals surface area contributed by atoms with E-state index >= 15 is 0 Å². The maximum absolute atomic E-state index is 3.42. The fourth-order valence-electron chi connectivity index (χ4n) is 1.83. The van der Waals surface area contributed by atoms with Gasteiger partial charge in [-0.05, 0) is 37.6 Å². The second kappa shape index (κ2) is 6.44. The third-order valence-electron chi connectivity index (χ3n) is 2.64. The van der Waals surface area contributed by atoms with E-state index in [0.29, 0.717) is 5.41 Å². The molecule has 0 aromatic heterocycles. The number of hydrogen-bond acceptors (Lipinski definition) is 1. The van der Waals surface area contributed by atoms with Gasteiger partial charge in [0.05, 0.1) is 0 Å². The zero-order valence-electron chi connectivity index (χ0n) is 11.0. The lowest BCUT2D eigenvalue weighted by molar-refractivity contribution is 0.333. The Labute approximate surface area is 90.7 Å². The Morgan fingerprint density at radius 1 is 1.14 bits per heavy atom. The van der Waals surface area contributed by atoms with Crippen molar-refractivity contribution in [3.05, 3.63) is 0 Å². The van der Waals surface area contributed by atoms with Crippen molar-refractivity contribution in [1.82, 2.24) is 5.32 Å². The minimum Gasteiger partial charge on any atom is -0.317 e. The molecule has 0 rings (SSSR count). The molecular weight excluding hydrogens is 170 g/mol. The Bertz CT molecular complexity index is 133. The van der Waals surface area contributed by atoms with Crippen molar-refractivity contribution in [2.24, 2.45) is 11.3 Å². The summed E-state index contributed by atoms with van der Waals surface area (Å²) in [6.07, 6.45) is 5.32. The van der Waals surface area contributed by atoms with Crippen molar-refractivity contribution < 1.29 is 0 Å². The summed E-state index contributed by atoms with van der Waals surface area (Å²) >= 11 is 0. The molecule has 0 aliphatic heterocycles. The lowest BCUT2D eigenvalue weighted by Crippen LogP contribution is -2.27. The van der Waals surface area contributed by atoms with Crippen LogP contribution in [0.25, 0.3) is 0 Å². The molecule has 0 spiro atoms. The van der Waals surface area contributed by atoms with Gasteiger partial charge in [-0.2, -0.15) is 0 Å². The van der Waals surface area contributed by atoms with E-state index in [-0.39, 0.29) is 0 Å². The summed E-state index contributed by atoms with van der Waals surface area (Å²) in [6.45, 7) is 11.6. The van der Waals surface area contributed by atoms with Gasteiger partial charge in [-0.1, -0.05) is 41.0 Å². The molecule has 0 radical (unpaired) electrons. The fraction of sp³-hybridized carbons (Fsp3) is 1.00. The van der Waals surface area contributed by atoms with Gasteiger partial charge in [0, 0.05) is 6.04 Å². The van der Waals surface area contributed by atoms with Gasteiger partial charge in [0.25, 0.3) is 0 Å². The smallest absolute Gasteiger partial charge is 0.00665 e. The average Bonchev–Trinajstić information content (AvgIpc) is 1.99. The van der Waals surface area contributed by atoms with Crippen molar-refractivity contribution in [2.45, 2.75) is 66.3 Å². The molecule has 1 unspecified atom stereocenters. The molecule has 0 aromatic rings. The predicted octanol–water partition coefficient (Wildman–Crippen LogP) is 3.84. The van der Waals surface area contributed by atoms with Crippen LogP contribution in [0.4, 0.5) is 0 Å². The molecule has 86 valence electrons. The summed E-state index contributed by atoms with van der Waals surface area (Å²) in [5.74, 6) is 0.807. The summed E-state index contributed by atoms with van der Waals surface area (Å²) in [4.78, 5) is 0. The number of rotatable bonds is 6. The average molecular weight is 199 g/mol. The first-order valence-corrected chi connectivity index (χ1v) is 6.02. The van der Waals surface area contributed by atoms with Crippen LogP contribution in [0.5, 0.6) is 0 Å². The van der Waals surface area contributed by atoms with Crippen LogP contribution in [-0.2, 0) is 0 Å². The highest BCUT2D eigenvalue weighted by Crippen LogP contribution is 2.22. The maximum atomic E-state index is 3.42. The topological polar surface area (TPSA) is 12.0 Å². The van der Waals surface area contributed by atoms with Crippen LogP contribution in [0.1, 0.15) is 60.3 Å². The fourth-order valence-corrected chi connectivity index (χ4v) is 1.83. The van der Waals surface area contributed by atoms with E-state index in [9.17, 15) is 0 Å². The molecule has 0 aliphatic carbocycles. The van der Waals surface area contributed by atoms with Crippen LogP contribution in [0.15, 0.2) is 0 Å². The zero-order valence-corrected chi connectivity index (χ0v) is 11.0. The van der Waals surface area contributed by atoms with E-state index in [2.05, 4.69) is 47.0 Å². The van der Waals surface area contributed by atoms with Crippen molar-refractivity contribution >= 4 is 0 Å². The van der Waals surface area contributed by atoms with E-state index in [1.807, 2.05) is 0 Å². The maximum Gasteiger partial charge on any atom is 0.00665 e. The van der Waals surface area contributed by atoms with Gasteiger partial charge in [0.1, 0.15) is 0 Å². The largest absolute Gasteiger partial charge is 0.317 e. The van der Waals surface area contributed by atoms with Crippen LogP contribution in [0.2, 0.25) is 0 Å². The Morgan fingerprint density at radius 2 is 1.71 bits per heavy atom. The van der Waals surface area contributed by atoms with E-state index < -0.39 is 0 Å². The zero-order chi connectivity index (χ0) is 11.2. The van der Waals surface area contributed by atoms with Crippen LogP contribution in [0.3, 0.4) is 0 Å². The molecule has 0 saturated carbocycles. The first kappa shape index (κ1) is 14.0. The molecule has 0 saturated heterocycles. The van der Waals surface area contributed by atoms with Crippen LogP contribution in [-0.4, -0.2) is 13.1 Å². The Hall–Kier alpha value is -0.0400. The predicted molar refractivity (Wildman–Crippen MR) is 65.6 cm³/mol. The minimum absolute atomic E-state index is 0.496. The number of hydrogen-bond donors (Lipinski definition) is 1. The molecule has 0 bridgehead atoms. The molecule has 0 aliphatic rings. The highest BCUT2D eigenvalue weighted by molar-refractivity contribution is 4.69. The van der Waals surface area contributed by atoms with Gasteiger partial charge in [0.2, 0.25) is 0 Å². The van der Waals surface area contributed by atoms with Crippen LogP contribution in [0, 0.1) is 11.3 Å². The summed E-state index contributed by atoms with van der Waals surface area (Å²) in [7, 11) is 2.09. The first-order valence-electron chi connectivity index (χ1n) is 6.02. The molecule has 0 amide bonds. The third-order valence-corrected chi connectivity index (χ3v) is 2.64. The monoisotopic (exact) mass is 199 g/mol. The first-order chi connectivity index (χ1) is 6.35. The molecule has 1 nitrogen and oxygen atoms in total. The van der Waals surface area contributed by atoms with E-state index in [1.165, 1.54) is 25.7 Å². The lowest BCUT2D eigenvalue weighted by Gasteiger charge is -2.22. The molecule has 0 heterocycles. The molecule has 1 N–H and O–H groups in total. The van der Waals surface area contributed by atoms with Crippen molar-refractivity contribution in [2.75, 3.05) is 7.05 Å². The lowest BCUT2D eigenvalue weighted by atomic mass is 9.88. The molecule has 1 atom stereocenters. The summed E-state index contributed by atoms with van der Waals surface area (Å²) in [6, 6.07) is 0.720. The molecule has 14 heavy (non-hydrogen) atoms. The van der Waals surface area contributed by atoms with E-state index in [4.69, 9.17) is 0 Å². The molecule has 0 fully saturated rings. The molecule has 1 heteroatoms. The van der Waals surface area contributed by atoms with Gasteiger partial charge in [-0.3, -0.25) is 0 Å². The normalized spacial score (nSPS) is 14.8. The van der Waals surface area contributed by atoms with Crippen LogP contribution < -0.4 is 5.32 Å². The van der Waals surface area contributed by atoms with Crippen molar-refractivity contribution in [3.63, 3.8) is 0 Å². The Kier molecular flexibility index (Phi) is 6.43. The SMILES string of the molecule is CNC(CCCC(C)(C)C)CC(C)C. The summed E-state index contributed by atoms with van der Waals surface area (Å²) in [5, 5.41) is 3.42.